The average molecular weight is 555 g/mol. The van der Waals surface area contributed by atoms with Gasteiger partial charge in [-0.25, -0.2) is 19.9 Å². The molecule has 0 saturated heterocycles. The van der Waals surface area contributed by atoms with Crippen LogP contribution in [-0.4, -0.2) is 29.1 Å². The minimum atomic E-state index is 0.857. The van der Waals surface area contributed by atoms with E-state index in [1.54, 1.807) is 0 Å². The van der Waals surface area contributed by atoms with Crippen molar-refractivity contribution in [1.29, 1.82) is 0 Å². The molecule has 2 aromatic carbocycles. The molecule has 0 aliphatic heterocycles. The van der Waals surface area contributed by atoms with Crippen molar-refractivity contribution in [3.05, 3.63) is 72.8 Å². The van der Waals surface area contributed by atoms with E-state index in [-0.39, 0.29) is 0 Å². The lowest BCUT2D eigenvalue weighted by Crippen LogP contribution is -2.06. The van der Waals surface area contributed by atoms with E-state index in [9.17, 15) is 0 Å². The highest BCUT2D eigenvalue weighted by Gasteiger charge is 2.11. The molecule has 7 rings (SSSR count). The molecular formula is C36H38N6. The second-order valence-corrected chi connectivity index (χ2v) is 11.5. The molecule has 0 saturated carbocycles. The van der Waals surface area contributed by atoms with Crippen LogP contribution in [0.5, 0.6) is 0 Å². The summed E-state index contributed by atoms with van der Waals surface area (Å²) in [5.74, 6) is 0. The molecule has 42 heavy (non-hydrogen) atoms. The lowest BCUT2D eigenvalue weighted by molar-refractivity contribution is 0.596. The van der Waals surface area contributed by atoms with E-state index in [4.69, 9.17) is 19.9 Å². The van der Waals surface area contributed by atoms with Crippen molar-refractivity contribution in [1.82, 2.24) is 29.1 Å². The molecule has 0 radical (unpaired) electrons. The monoisotopic (exact) mass is 554 g/mol. The Bertz CT molecular complexity index is 1800. The van der Waals surface area contributed by atoms with Gasteiger partial charge in [0, 0.05) is 34.6 Å². The van der Waals surface area contributed by atoms with Crippen molar-refractivity contribution in [2.75, 3.05) is 0 Å². The second kappa shape index (κ2) is 11.5. The summed E-state index contributed by atoms with van der Waals surface area (Å²) >= 11 is 0. The van der Waals surface area contributed by atoms with E-state index in [0.29, 0.717) is 0 Å². The molecule has 212 valence electrons. The Kier molecular flexibility index (Phi) is 7.28. The zero-order valence-corrected chi connectivity index (χ0v) is 24.7. The van der Waals surface area contributed by atoms with Gasteiger partial charge in [0.05, 0.1) is 22.1 Å². The van der Waals surface area contributed by atoms with E-state index in [1.807, 2.05) is 0 Å². The first-order valence-electron chi connectivity index (χ1n) is 15.7. The van der Waals surface area contributed by atoms with Crippen LogP contribution in [0.25, 0.3) is 66.2 Å². The Morgan fingerprint density at radius 3 is 0.952 bits per heavy atom. The average Bonchev–Trinajstić information content (AvgIpc) is 3.03. The molecule has 0 atom stereocenters. The summed E-state index contributed by atoms with van der Waals surface area (Å²) in [4.78, 5) is 21.2. The van der Waals surface area contributed by atoms with Gasteiger partial charge in [0.1, 0.15) is 22.6 Å². The van der Waals surface area contributed by atoms with E-state index < -0.39 is 0 Å². The second-order valence-electron chi connectivity index (χ2n) is 11.5. The summed E-state index contributed by atoms with van der Waals surface area (Å²) in [6.45, 7) is 6.22. The number of pyridine rings is 4. The minimum Gasteiger partial charge on any atom is -0.311 e. The smallest absolute Gasteiger partial charge is 0.134 e. The fourth-order valence-corrected chi connectivity index (χ4v) is 6.18. The van der Waals surface area contributed by atoms with Gasteiger partial charge in [0.15, 0.2) is 0 Å². The predicted molar refractivity (Wildman–Crippen MR) is 176 cm³/mol. The Labute approximate surface area is 246 Å². The summed E-state index contributed by atoms with van der Waals surface area (Å²) in [5.41, 5.74) is 7.36. The molecule has 0 N–H and O–H groups in total. The van der Waals surface area contributed by atoms with Gasteiger partial charge in [-0.05, 0) is 61.4 Å². The van der Waals surface area contributed by atoms with Crippen LogP contribution >= 0.6 is 0 Å². The van der Waals surface area contributed by atoms with Crippen molar-refractivity contribution in [2.24, 2.45) is 0 Å². The Morgan fingerprint density at radius 2 is 0.667 bits per heavy atom. The summed E-state index contributed by atoms with van der Waals surface area (Å²) in [5, 5.41) is 4.38. The molecule has 0 amide bonds. The van der Waals surface area contributed by atoms with E-state index in [0.717, 1.165) is 92.1 Å². The quantitative estimate of drug-likeness (QED) is 0.125. The first-order chi connectivity index (χ1) is 20.7. The number of hydrogen-bond donors (Lipinski definition) is 0. The largest absolute Gasteiger partial charge is 0.311 e. The maximum Gasteiger partial charge on any atom is 0.134 e. The zero-order chi connectivity index (χ0) is 28.5. The number of aromatic nitrogens is 6. The Hall–Kier alpha value is -4.32. The number of unbranched alkanes of at least 4 members (excludes halogenated alkanes) is 6. The van der Waals surface area contributed by atoms with Crippen molar-refractivity contribution >= 4 is 66.2 Å². The predicted octanol–water partition coefficient (Wildman–Crippen LogP) is 9.51. The normalized spacial score (nSPS) is 12.0. The van der Waals surface area contributed by atoms with Crippen LogP contribution in [0, 0.1) is 0 Å². The molecule has 5 aromatic heterocycles. The van der Waals surface area contributed by atoms with E-state index >= 15 is 0 Å². The number of benzene rings is 2. The van der Waals surface area contributed by atoms with E-state index in [2.05, 4.69) is 95.8 Å². The fraction of sp³-hybridized carbons (Fsp3) is 0.333. The van der Waals surface area contributed by atoms with E-state index in [1.165, 1.54) is 38.5 Å². The van der Waals surface area contributed by atoms with Gasteiger partial charge in [-0.1, -0.05) is 76.6 Å². The lowest BCUT2D eigenvalue weighted by atomic mass is 10.1. The van der Waals surface area contributed by atoms with Gasteiger partial charge in [-0.3, -0.25) is 0 Å². The zero-order valence-electron chi connectivity index (χ0n) is 24.7. The molecule has 0 aliphatic rings. The number of hydrogen-bond acceptors (Lipinski definition) is 4. The number of aryl methyl sites for hydroxylation is 2. The molecule has 0 aliphatic carbocycles. The summed E-state index contributed by atoms with van der Waals surface area (Å²) < 4.78 is 4.57. The van der Waals surface area contributed by atoms with Crippen molar-refractivity contribution in [3.8, 4) is 0 Å². The Balaban J connectivity index is 1.61. The first kappa shape index (κ1) is 26.6. The molecule has 7 aromatic rings. The molecule has 0 fully saturated rings. The van der Waals surface area contributed by atoms with Crippen molar-refractivity contribution < 1.29 is 0 Å². The van der Waals surface area contributed by atoms with Gasteiger partial charge in [0.25, 0.3) is 0 Å². The third-order valence-corrected chi connectivity index (χ3v) is 8.56. The van der Waals surface area contributed by atoms with Crippen LogP contribution in [0.1, 0.15) is 65.2 Å². The Morgan fingerprint density at radius 1 is 0.381 bits per heavy atom. The van der Waals surface area contributed by atoms with Gasteiger partial charge in [0.2, 0.25) is 0 Å². The highest BCUT2D eigenvalue weighted by molar-refractivity contribution is 6.05. The lowest BCUT2D eigenvalue weighted by Gasteiger charge is -2.14. The summed E-state index contributed by atoms with van der Waals surface area (Å²) in [6.07, 6.45) is 9.40. The van der Waals surface area contributed by atoms with Crippen LogP contribution in [-0.2, 0) is 13.1 Å². The number of nitrogens with zero attached hydrogens (tertiary/aromatic N) is 6. The molecule has 6 nitrogen and oxygen atoms in total. The van der Waals surface area contributed by atoms with Gasteiger partial charge in [-0.15, -0.1) is 0 Å². The minimum absolute atomic E-state index is 0.857. The van der Waals surface area contributed by atoms with Crippen LogP contribution in [0.4, 0.5) is 0 Å². The first-order valence-corrected chi connectivity index (χ1v) is 15.7. The van der Waals surface area contributed by atoms with Crippen molar-refractivity contribution in [2.45, 2.75) is 78.3 Å². The highest BCUT2D eigenvalue weighted by atomic mass is 15.1. The third kappa shape index (κ3) is 4.89. The van der Waals surface area contributed by atoms with Crippen LogP contribution in [0.15, 0.2) is 72.8 Å². The third-order valence-electron chi connectivity index (χ3n) is 8.56. The molecule has 8 bridgehead atoms. The maximum absolute atomic E-state index is 5.30. The molecule has 5 heterocycles. The molecule has 0 unspecified atom stereocenters. The topological polar surface area (TPSA) is 61.4 Å². The van der Waals surface area contributed by atoms with Gasteiger partial charge in [-0.2, -0.15) is 0 Å². The standard InChI is InChI=1S/C36H38N6/c1-3-5-7-9-23-41-29-19-15-25-11-13-27-17-21-31(39-35(27)33(25)37-29)42(24-10-8-6-4-2)32-22-18-28-14-12-26-16-20-30(41)38-34(26)36(28)40-32/h11-22H,3-10,23-24H2,1-2H3. The van der Waals surface area contributed by atoms with Crippen LogP contribution in [0.2, 0.25) is 0 Å². The molecule has 6 heteroatoms. The highest BCUT2D eigenvalue weighted by Crippen LogP contribution is 2.27. The van der Waals surface area contributed by atoms with Crippen LogP contribution < -0.4 is 0 Å². The molecular weight excluding hydrogens is 516 g/mol. The fourth-order valence-electron chi connectivity index (χ4n) is 6.18. The maximum atomic E-state index is 5.30. The number of fused-ring (bicyclic) bond motifs is 4. The number of rotatable bonds is 10. The SMILES string of the molecule is CCCCCCn1c2ccc3ccc4ccc(nc4c3n2)n(CCCCCC)c2ccc3ccc4ccc1nc4c3n2. The van der Waals surface area contributed by atoms with Crippen LogP contribution in [0.3, 0.4) is 0 Å². The molecule has 0 spiro atoms. The summed E-state index contributed by atoms with van der Waals surface area (Å²) in [6, 6.07) is 25.9. The van der Waals surface area contributed by atoms with Gasteiger partial charge < -0.3 is 9.13 Å². The summed E-state index contributed by atoms with van der Waals surface area (Å²) in [7, 11) is 0. The van der Waals surface area contributed by atoms with Gasteiger partial charge >= 0.3 is 0 Å². The van der Waals surface area contributed by atoms with Crippen molar-refractivity contribution in [3.63, 3.8) is 0 Å².